The number of thioether (sulfide) groups is 1. The summed E-state index contributed by atoms with van der Waals surface area (Å²) >= 11 is 1.13. The molecule has 1 atom stereocenters. The first-order valence-electron chi connectivity index (χ1n) is 6.55. The zero-order valence-corrected chi connectivity index (χ0v) is 13.2. The van der Waals surface area contributed by atoms with Crippen LogP contribution in [0.3, 0.4) is 0 Å². The van der Waals surface area contributed by atoms with Crippen molar-refractivity contribution in [1.29, 1.82) is 0 Å². The molecular weight excluding hydrogens is 304 g/mol. The van der Waals surface area contributed by atoms with Gasteiger partial charge in [0, 0.05) is 11.8 Å². The number of carbonyl (C=O) groups excluding carboxylic acids is 1. The molecule has 0 saturated heterocycles. The van der Waals surface area contributed by atoms with Gasteiger partial charge >= 0.3 is 0 Å². The second-order valence-electron chi connectivity index (χ2n) is 4.53. The smallest absolute Gasteiger partial charge is 0.273 e. The Hall–Kier alpha value is -2.35. The lowest BCUT2D eigenvalue weighted by Gasteiger charge is -2.11. The third-order valence-electron chi connectivity index (χ3n) is 2.83. The summed E-state index contributed by atoms with van der Waals surface area (Å²) in [4.78, 5) is 26.2. The molecule has 0 aliphatic rings. The van der Waals surface area contributed by atoms with Gasteiger partial charge in [-0.1, -0.05) is 17.8 Å². The van der Waals surface area contributed by atoms with Crippen molar-refractivity contribution in [2.45, 2.75) is 24.3 Å². The van der Waals surface area contributed by atoms with Crippen LogP contribution in [0, 0.1) is 6.92 Å². The standard InChI is InChI=1S/C14H16N4O3S/c1-8-12(19)16-14(18-17-8)22-9(2)13(20)15-10-5-4-6-11(7-10)21-3/h4-7,9H,1-3H3,(H,15,20)(H,16,18,19). The average Bonchev–Trinajstić information content (AvgIpc) is 2.51. The molecule has 0 radical (unpaired) electrons. The topological polar surface area (TPSA) is 97.0 Å². The second kappa shape index (κ2) is 7.08. The maximum Gasteiger partial charge on any atom is 0.273 e. The third kappa shape index (κ3) is 4.08. The van der Waals surface area contributed by atoms with E-state index in [0.29, 0.717) is 16.6 Å². The van der Waals surface area contributed by atoms with Gasteiger partial charge < -0.3 is 10.1 Å². The van der Waals surface area contributed by atoms with Crippen LogP contribution < -0.4 is 15.6 Å². The highest BCUT2D eigenvalue weighted by atomic mass is 32.2. The van der Waals surface area contributed by atoms with Gasteiger partial charge in [-0.25, -0.2) is 0 Å². The number of carbonyl (C=O) groups is 1. The van der Waals surface area contributed by atoms with Crippen LogP contribution in [0.15, 0.2) is 34.2 Å². The minimum absolute atomic E-state index is 0.207. The number of methoxy groups -OCH3 is 1. The number of hydrogen-bond donors (Lipinski definition) is 2. The lowest BCUT2D eigenvalue weighted by molar-refractivity contribution is -0.115. The number of aromatic amines is 1. The molecule has 1 aromatic heterocycles. The molecule has 0 bridgehead atoms. The summed E-state index contributed by atoms with van der Waals surface area (Å²) < 4.78 is 5.10. The normalized spacial score (nSPS) is 11.8. The maximum atomic E-state index is 12.2. The molecule has 8 heteroatoms. The van der Waals surface area contributed by atoms with E-state index in [1.807, 2.05) is 0 Å². The van der Waals surface area contributed by atoms with Crippen molar-refractivity contribution < 1.29 is 9.53 Å². The van der Waals surface area contributed by atoms with Crippen LogP contribution in [0.2, 0.25) is 0 Å². The molecule has 7 nitrogen and oxygen atoms in total. The Morgan fingerprint density at radius 2 is 2.18 bits per heavy atom. The van der Waals surface area contributed by atoms with E-state index in [-0.39, 0.29) is 17.2 Å². The monoisotopic (exact) mass is 320 g/mol. The van der Waals surface area contributed by atoms with Gasteiger partial charge in [0.25, 0.3) is 5.56 Å². The fourth-order valence-electron chi connectivity index (χ4n) is 1.60. The number of aromatic nitrogens is 3. The third-order valence-corrected chi connectivity index (χ3v) is 3.81. The van der Waals surface area contributed by atoms with Gasteiger partial charge in [0.05, 0.1) is 12.4 Å². The highest BCUT2D eigenvalue weighted by Crippen LogP contribution is 2.21. The Bertz CT molecular complexity index is 732. The quantitative estimate of drug-likeness (QED) is 0.812. The summed E-state index contributed by atoms with van der Waals surface area (Å²) in [6.07, 6.45) is 0. The zero-order chi connectivity index (χ0) is 16.1. The fraction of sp³-hybridized carbons (Fsp3) is 0.286. The van der Waals surface area contributed by atoms with Crippen LogP contribution in [0.4, 0.5) is 5.69 Å². The van der Waals surface area contributed by atoms with Crippen LogP contribution in [-0.4, -0.2) is 33.4 Å². The summed E-state index contributed by atoms with van der Waals surface area (Å²) in [6.45, 7) is 3.29. The molecule has 0 aliphatic carbocycles. The van der Waals surface area contributed by atoms with Gasteiger partial charge in [0.1, 0.15) is 11.4 Å². The van der Waals surface area contributed by atoms with Crippen LogP contribution in [0.5, 0.6) is 5.75 Å². The molecule has 2 aromatic rings. The molecule has 0 fully saturated rings. The lowest BCUT2D eigenvalue weighted by Crippen LogP contribution is -2.23. The largest absolute Gasteiger partial charge is 0.497 e. The Morgan fingerprint density at radius 3 is 2.86 bits per heavy atom. The van der Waals surface area contributed by atoms with Crippen LogP contribution in [0.25, 0.3) is 0 Å². The molecule has 1 aromatic carbocycles. The number of nitrogens with zero attached hydrogens (tertiary/aromatic N) is 2. The first-order valence-corrected chi connectivity index (χ1v) is 7.42. The number of benzene rings is 1. The zero-order valence-electron chi connectivity index (χ0n) is 12.4. The first-order chi connectivity index (χ1) is 10.5. The molecule has 0 saturated carbocycles. The van der Waals surface area contributed by atoms with Gasteiger partial charge in [-0.05, 0) is 26.0 Å². The molecule has 0 aliphatic heterocycles. The van der Waals surface area contributed by atoms with Crippen molar-refractivity contribution in [1.82, 2.24) is 15.2 Å². The van der Waals surface area contributed by atoms with Gasteiger partial charge in [-0.3, -0.25) is 14.6 Å². The van der Waals surface area contributed by atoms with Gasteiger partial charge in [0.15, 0.2) is 5.16 Å². The first kappa shape index (κ1) is 16.0. The van der Waals surface area contributed by atoms with E-state index in [4.69, 9.17) is 4.74 Å². The van der Waals surface area contributed by atoms with E-state index in [0.717, 1.165) is 11.8 Å². The predicted octanol–water partition coefficient (Wildman–Crippen LogP) is 1.60. The number of anilines is 1. The van der Waals surface area contributed by atoms with Crippen molar-refractivity contribution in [3.8, 4) is 5.75 Å². The van der Waals surface area contributed by atoms with Crippen LogP contribution in [-0.2, 0) is 4.79 Å². The number of rotatable bonds is 5. The van der Waals surface area contributed by atoms with Gasteiger partial charge in [-0.15, -0.1) is 10.2 Å². The minimum atomic E-state index is -0.446. The molecule has 1 heterocycles. The Morgan fingerprint density at radius 1 is 1.41 bits per heavy atom. The average molecular weight is 320 g/mol. The van der Waals surface area contributed by atoms with Crippen molar-refractivity contribution in [2.24, 2.45) is 0 Å². The summed E-state index contributed by atoms with van der Waals surface area (Å²) in [7, 11) is 1.56. The second-order valence-corrected chi connectivity index (χ2v) is 5.86. The molecular formula is C14H16N4O3S. The SMILES string of the molecule is COc1cccc(NC(=O)C(C)Sc2nnc(C)c(=O)[nH]2)c1. The number of aryl methyl sites for hydroxylation is 1. The Balaban J connectivity index is 2.02. The maximum absolute atomic E-state index is 12.2. The van der Waals surface area contributed by atoms with E-state index in [9.17, 15) is 9.59 Å². The summed E-state index contributed by atoms with van der Waals surface area (Å²) in [5.74, 6) is 0.452. The number of amides is 1. The summed E-state index contributed by atoms with van der Waals surface area (Å²) in [6, 6.07) is 7.07. The molecule has 1 unspecified atom stereocenters. The number of hydrogen-bond acceptors (Lipinski definition) is 6. The lowest BCUT2D eigenvalue weighted by atomic mass is 10.3. The summed E-state index contributed by atoms with van der Waals surface area (Å²) in [5.41, 5.74) is 0.621. The highest BCUT2D eigenvalue weighted by molar-refractivity contribution is 8.00. The molecule has 0 spiro atoms. The van der Waals surface area contributed by atoms with E-state index in [2.05, 4.69) is 20.5 Å². The molecule has 2 rings (SSSR count). The minimum Gasteiger partial charge on any atom is -0.497 e. The van der Waals surface area contributed by atoms with Gasteiger partial charge in [0.2, 0.25) is 5.91 Å². The van der Waals surface area contributed by atoms with E-state index in [1.165, 1.54) is 0 Å². The molecule has 1 amide bonds. The fourth-order valence-corrected chi connectivity index (χ4v) is 2.34. The molecule has 116 valence electrons. The summed E-state index contributed by atoms with van der Waals surface area (Å²) in [5, 5.41) is 10.2. The molecule has 22 heavy (non-hydrogen) atoms. The number of H-pyrrole nitrogens is 1. The van der Waals surface area contributed by atoms with Gasteiger partial charge in [-0.2, -0.15) is 0 Å². The number of nitrogens with one attached hydrogen (secondary N) is 2. The van der Waals surface area contributed by atoms with Crippen molar-refractivity contribution in [3.05, 3.63) is 40.3 Å². The van der Waals surface area contributed by atoms with Crippen LogP contribution in [0.1, 0.15) is 12.6 Å². The van der Waals surface area contributed by atoms with E-state index in [1.54, 1.807) is 45.2 Å². The number of ether oxygens (including phenoxy) is 1. The van der Waals surface area contributed by atoms with Crippen LogP contribution >= 0.6 is 11.8 Å². The Labute approximate surface area is 131 Å². The Kier molecular flexibility index (Phi) is 5.16. The van der Waals surface area contributed by atoms with Crippen molar-refractivity contribution in [2.75, 3.05) is 12.4 Å². The van der Waals surface area contributed by atoms with Crippen molar-refractivity contribution >= 4 is 23.4 Å². The highest BCUT2D eigenvalue weighted by Gasteiger charge is 2.16. The van der Waals surface area contributed by atoms with E-state index < -0.39 is 5.25 Å². The van der Waals surface area contributed by atoms with E-state index >= 15 is 0 Å². The van der Waals surface area contributed by atoms with Crippen molar-refractivity contribution in [3.63, 3.8) is 0 Å². The molecule has 2 N–H and O–H groups in total. The predicted molar refractivity (Wildman–Crippen MR) is 84.3 cm³/mol.